The molecule has 1 atom stereocenters. The third-order valence-electron chi connectivity index (χ3n) is 5.71. The molecular formula is C22H20N2O2S. The fourth-order valence-electron chi connectivity index (χ4n) is 4.24. The van der Waals surface area contributed by atoms with Gasteiger partial charge in [-0.05, 0) is 67.2 Å². The largest absolute Gasteiger partial charge is 0.507 e. The van der Waals surface area contributed by atoms with Gasteiger partial charge in [-0.1, -0.05) is 18.2 Å². The van der Waals surface area contributed by atoms with E-state index >= 15 is 0 Å². The van der Waals surface area contributed by atoms with Crippen LogP contribution in [0.25, 0.3) is 32.1 Å². The van der Waals surface area contributed by atoms with Gasteiger partial charge in [-0.25, -0.2) is 0 Å². The smallest absolute Gasteiger partial charge is 0.266 e. The van der Waals surface area contributed by atoms with E-state index in [0.717, 1.165) is 40.3 Å². The third kappa shape index (κ3) is 2.50. The fraction of sp³-hybridized carbons (Fsp3) is 0.227. The van der Waals surface area contributed by atoms with Crippen molar-refractivity contribution in [2.75, 3.05) is 14.1 Å². The summed E-state index contributed by atoms with van der Waals surface area (Å²) in [7, 11) is 4.25. The maximum atomic E-state index is 12.3. The number of phenolic OH excluding ortho intramolecular Hbond substituents is 1. The number of aromatic hydroxyl groups is 1. The minimum atomic E-state index is -0.0769. The summed E-state index contributed by atoms with van der Waals surface area (Å²) in [6.45, 7) is 0. The second-order valence-corrected chi connectivity index (χ2v) is 8.43. The van der Waals surface area contributed by atoms with Crippen LogP contribution in [0.1, 0.15) is 11.1 Å². The maximum absolute atomic E-state index is 12.3. The van der Waals surface area contributed by atoms with Crippen molar-refractivity contribution in [3.63, 3.8) is 0 Å². The Bertz CT molecular complexity index is 1250. The molecule has 27 heavy (non-hydrogen) atoms. The summed E-state index contributed by atoms with van der Waals surface area (Å²) in [5.74, 6) is 0.240. The average Bonchev–Trinajstić information content (AvgIpc) is 3.29. The lowest BCUT2D eigenvalue weighted by molar-refractivity contribution is 0.303. The first-order chi connectivity index (χ1) is 13.0. The molecule has 2 aromatic heterocycles. The molecule has 0 bridgehead atoms. The summed E-state index contributed by atoms with van der Waals surface area (Å²) >= 11 is 1.43. The molecule has 0 amide bonds. The Morgan fingerprint density at radius 3 is 2.74 bits per heavy atom. The van der Waals surface area contributed by atoms with Gasteiger partial charge in [0.25, 0.3) is 5.56 Å². The van der Waals surface area contributed by atoms with Gasteiger partial charge in [-0.3, -0.25) is 4.79 Å². The average molecular weight is 376 g/mol. The lowest BCUT2D eigenvalue weighted by atomic mass is 9.95. The summed E-state index contributed by atoms with van der Waals surface area (Å²) in [6, 6.07) is 12.4. The summed E-state index contributed by atoms with van der Waals surface area (Å²) in [5, 5.41) is 14.5. The molecule has 0 fully saturated rings. The number of hydrogen-bond donors (Lipinski definition) is 2. The zero-order chi connectivity index (χ0) is 18.7. The molecule has 1 aliphatic carbocycles. The number of thiophene rings is 1. The Kier molecular flexibility index (Phi) is 3.64. The monoisotopic (exact) mass is 376 g/mol. The van der Waals surface area contributed by atoms with E-state index in [2.05, 4.69) is 42.2 Å². The van der Waals surface area contributed by atoms with Gasteiger partial charge in [0.05, 0.1) is 0 Å². The normalized spacial score (nSPS) is 16.5. The van der Waals surface area contributed by atoms with Crippen molar-refractivity contribution in [2.45, 2.75) is 18.9 Å². The second kappa shape index (κ2) is 5.94. The van der Waals surface area contributed by atoms with Gasteiger partial charge >= 0.3 is 0 Å². The first-order valence-corrected chi connectivity index (χ1v) is 9.94. The number of aromatic nitrogens is 1. The topological polar surface area (TPSA) is 56.3 Å². The highest BCUT2D eigenvalue weighted by Gasteiger charge is 2.24. The van der Waals surface area contributed by atoms with Crippen molar-refractivity contribution in [1.82, 2.24) is 9.88 Å². The van der Waals surface area contributed by atoms with E-state index < -0.39 is 0 Å². The number of benzene rings is 2. The van der Waals surface area contributed by atoms with E-state index in [4.69, 9.17) is 0 Å². The van der Waals surface area contributed by atoms with Crippen LogP contribution in [-0.4, -0.2) is 35.1 Å². The maximum Gasteiger partial charge on any atom is 0.266 e. The number of fused-ring (bicyclic) bond motifs is 4. The molecule has 2 heterocycles. The Morgan fingerprint density at radius 2 is 1.93 bits per heavy atom. The van der Waals surface area contributed by atoms with E-state index in [-0.39, 0.29) is 11.3 Å². The van der Waals surface area contributed by atoms with Crippen molar-refractivity contribution in [3.05, 3.63) is 63.3 Å². The molecule has 0 spiro atoms. The van der Waals surface area contributed by atoms with E-state index in [9.17, 15) is 9.90 Å². The molecule has 5 rings (SSSR count). The number of H-pyrrole nitrogens is 1. The number of nitrogens with zero attached hydrogens (tertiary/aromatic N) is 1. The molecule has 2 N–H and O–H groups in total. The molecule has 1 aliphatic rings. The van der Waals surface area contributed by atoms with Crippen LogP contribution in [0.4, 0.5) is 0 Å². The predicted octanol–water partition coefficient (Wildman–Crippen LogP) is 4.14. The summed E-state index contributed by atoms with van der Waals surface area (Å²) in [5.41, 5.74) is 5.19. The summed E-state index contributed by atoms with van der Waals surface area (Å²) in [6.07, 6.45) is 2.08. The van der Waals surface area contributed by atoms with E-state index in [1.807, 2.05) is 11.4 Å². The Morgan fingerprint density at radius 1 is 1.11 bits per heavy atom. The molecule has 0 aliphatic heterocycles. The van der Waals surface area contributed by atoms with E-state index in [1.165, 1.54) is 22.5 Å². The first-order valence-electron chi connectivity index (χ1n) is 9.06. The molecule has 136 valence electrons. The number of aromatic amines is 1. The van der Waals surface area contributed by atoms with Crippen LogP contribution in [-0.2, 0) is 12.8 Å². The van der Waals surface area contributed by atoms with Gasteiger partial charge in [0, 0.05) is 27.9 Å². The molecule has 4 nitrogen and oxygen atoms in total. The second-order valence-electron chi connectivity index (χ2n) is 7.51. The third-order valence-corrected chi connectivity index (χ3v) is 6.62. The summed E-state index contributed by atoms with van der Waals surface area (Å²) < 4.78 is 0.697. The van der Waals surface area contributed by atoms with Gasteiger partial charge in [-0.2, -0.15) is 0 Å². The minimum absolute atomic E-state index is 0.0769. The SMILES string of the molecule is CN(C)C1Cc2ccc(-c3c(O)ccc4[nH]c(=O)c5sccc5c34)cc2C1. The lowest BCUT2D eigenvalue weighted by Crippen LogP contribution is -2.27. The Hall–Kier alpha value is -2.63. The van der Waals surface area contributed by atoms with Crippen molar-refractivity contribution in [1.29, 1.82) is 0 Å². The van der Waals surface area contributed by atoms with Gasteiger partial charge in [0.2, 0.25) is 0 Å². The van der Waals surface area contributed by atoms with Crippen molar-refractivity contribution < 1.29 is 5.11 Å². The highest BCUT2D eigenvalue weighted by Crippen LogP contribution is 2.41. The zero-order valence-corrected chi connectivity index (χ0v) is 16.1. The van der Waals surface area contributed by atoms with Crippen LogP contribution in [0.2, 0.25) is 0 Å². The lowest BCUT2D eigenvalue weighted by Gasteiger charge is -2.17. The standard InChI is InChI=1S/C22H20N2O2S/c1-24(2)15-10-12-3-4-13(9-14(12)11-15)19-18(25)6-5-17-20(19)16-7-8-27-21(16)22(26)23-17/h3-9,15,25H,10-11H2,1-2H3,(H,23,26). The van der Waals surface area contributed by atoms with Crippen molar-refractivity contribution >= 4 is 32.3 Å². The molecule has 0 saturated heterocycles. The zero-order valence-electron chi connectivity index (χ0n) is 15.2. The van der Waals surface area contributed by atoms with Crippen LogP contribution in [0.3, 0.4) is 0 Å². The van der Waals surface area contributed by atoms with Gasteiger partial charge in [-0.15, -0.1) is 11.3 Å². The fourth-order valence-corrected chi connectivity index (χ4v) is 5.04. The molecule has 5 heteroatoms. The van der Waals surface area contributed by atoms with E-state index in [0.29, 0.717) is 10.7 Å². The highest BCUT2D eigenvalue weighted by atomic mass is 32.1. The first kappa shape index (κ1) is 16.5. The Labute approximate surface area is 160 Å². The van der Waals surface area contributed by atoms with Crippen LogP contribution >= 0.6 is 11.3 Å². The number of nitrogens with one attached hydrogen (secondary N) is 1. The molecule has 4 aromatic rings. The number of rotatable bonds is 2. The number of likely N-dealkylation sites (N-methyl/N-ethyl adjacent to an activating group) is 1. The van der Waals surface area contributed by atoms with Crippen LogP contribution < -0.4 is 5.56 Å². The van der Waals surface area contributed by atoms with Gasteiger partial charge in [0.1, 0.15) is 10.4 Å². The van der Waals surface area contributed by atoms with E-state index in [1.54, 1.807) is 12.1 Å². The number of hydrogen-bond acceptors (Lipinski definition) is 4. The predicted molar refractivity (Wildman–Crippen MR) is 112 cm³/mol. The number of pyridine rings is 1. The van der Waals surface area contributed by atoms with Crippen LogP contribution in [0, 0.1) is 0 Å². The molecule has 0 saturated carbocycles. The van der Waals surface area contributed by atoms with Crippen LogP contribution in [0.15, 0.2) is 46.6 Å². The number of phenols is 1. The molecule has 2 aromatic carbocycles. The molecular weight excluding hydrogens is 356 g/mol. The van der Waals surface area contributed by atoms with Gasteiger partial charge in [0.15, 0.2) is 0 Å². The van der Waals surface area contributed by atoms with Gasteiger partial charge < -0.3 is 15.0 Å². The van der Waals surface area contributed by atoms with Crippen LogP contribution in [0.5, 0.6) is 5.75 Å². The summed E-state index contributed by atoms with van der Waals surface area (Å²) in [4.78, 5) is 17.6. The quantitative estimate of drug-likeness (QED) is 0.553. The van der Waals surface area contributed by atoms with Crippen molar-refractivity contribution in [2.24, 2.45) is 0 Å². The molecule has 0 radical (unpaired) electrons. The minimum Gasteiger partial charge on any atom is -0.507 e. The molecule has 1 unspecified atom stereocenters. The highest BCUT2D eigenvalue weighted by molar-refractivity contribution is 7.17. The van der Waals surface area contributed by atoms with Crippen molar-refractivity contribution in [3.8, 4) is 16.9 Å². The Balaban J connectivity index is 1.77.